The van der Waals surface area contributed by atoms with E-state index in [2.05, 4.69) is 5.10 Å². The van der Waals surface area contributed by atoms with E-state index < -0.39 is 5.97 Å². The molecule has 2 N–H and O–H groups in total. The summed E-state index contributed by atoms with van der Waals surface area (Å²) in [7, 11) is 1.69. The fourth-order valence-corrected chi connectivity index (χ4v) is 1.17. The van der Waals surface area contributed by atoms with Crippen LogP contribution in [-0.4, -0.2) is 35.6 Å². The topological polar surface area (TPSA) is 79.4 Å². The highest BCUT2D eigenvalue weighted by molar-refractivity contribution is 5.92. The Hall–Kier alpha value is -1.56. The molecule has 1 aromatic heterocycles. The third kappa shape index (κ3) is 3.54. The fourth-order valence-electron chi connectivity index (χ4n) is 1.17. The highest BCUT2D eigenvalue weighted by atomic mass is 16.6. The minimum atomic E-state index is -0.516. The summed E-state index contributed by atoms with van der Waals surface area (Å²) in [4.78, 5) is 11.5. The van der Waals surface area contributed by atoms with E-state index in [4.69, 9.17) is 15.2 Å². The van der Waals surface area contributed by atoms with Gasteiger partial charge in [-0.15, -0.1) is 0 Å². The van der Waals surface area contributed by atoms with Crippen LogP contribution in [0.2, 0.25) is 0 Å². The lowest BCUT2D eigenvalue weighted by atomic mass is 10.4. The second kappa shape index (κ2) is 6.12. The third-order valence-electron chi connectivity index (χ3n) is 1.86. The molecule has 90 valence electrons. The van der Waals surface area contributed by atoms with E-state index in [-0.39, 0.29) is 12.3 Å². The predicted molar refractivity (Wildman–Crippen MR) is 59.0 cm³/mol. The van der Waals surface area contributed by atoms with Crippen LogP contribution in [0.5, 0.6) is 0 Å². The third-order valence-corrected chi connectivity index (χ3v) is 1.86. The van der Waals surface area contributed by atoms with Crippen molar-refractivity contribution in [1.82, 2.24) is 9.78 Å². The maximum Gasteiger partial charge on any atom is 0.361 e. The Kier molecular flexibility index (Phi) is 4.78. The normalized spacial score (nSPS) is 10.4. The van der Waals surface area contributed by atoms with E-state index in [0.717, 1.165) is 6.42 Å². The predicted octanol–water partition coefficient (Wildman–Crippen LogP) is 0.586. The minimum Gasteiger partial charge on any atom is -0.458 e. The van der Waals surface area contributed by atoms with E-state index in [0.29, 0.717) is 18.9 Å². The number of aryl methyl sites for hydroxylation is 1. The average molecular weight is 227 g/mol. The van der Waals surface area contributed by atoms with Gasteiger partial charge in [0.15, 0.2) is 5.69 Å². The standard InChI is InChI=1S/C10H17N3O3/c1-3-4-15-5-6-16-10(14)9-8(11)7-13(2)12-9/h7H,3-6,11H2,1-2H3. The fraction of sp³-hybridized carbons (Fsp3) is 0.600. The first-order valence-electron chi connectivity index (χ1n) is 5.19. The number of nitrogens with two attached hydrogens (primary N) is 1. The van der Waals surface area contributed by atoms with Gasteiger partial charge in [0.05, 0.1) is 12.3 Å². The van der Waals surface area contributed by atoms with E-state index in [1.165, 1.54) is 4.68 Å². The van der Waals surface area contributed by atoms with E-state index >= 15 is 0 Å². The molecule has 0 saturated heterocycles. The van der Waals surface area contributed by atoms with Crippen LogP contribution in [0.4, 0.5) is 5.69 Å². The first-order valence-corrected chi connectivity index (χ1v) is 5.19. The summed E-state index contributed by atoms with van der Waals surface area (Å²) in [5, 5.41) is 3.90. The van der Waals surface area contributed by atoms with Crippen molar-refractivity contribution in [2.75, 3.05) is 25.6 Å². The molecule has 0 fully saturated rings. The molecule has 0 spiro atoms. The Balaban J connectivity index is 2.33. The lowest BCUT2D eigenvalue weighted by Gasteiger charge is -2.03. The zero-order valence-corrected chi connectivity index (χ0v) is 9.60. The molecule has 0 radical (unpaired) electrons. The van der Waals surface area contributed by atoms with Crippen LogP contribution in [-0.2, 0) is 16.5 Å². The molecule has 1 heterocycles. The van der Waals surface area contributed by atoms with Gasteiger partial charge in [-0.1, -0.05) is 6.92 Å². The lowest BCUT2D eigenvalue weighted by molar-refractivity contribution is 0.0313. The number of hydrogen-bond acceptors (Lipinski definition) is 5. The van der Waals surface area contributed by atoms with E-state index in [9.17, 15) is 4.79 Å². The van der Waals surface area contributed by atoms with Gasteiger partial charge in [-0.25, -0.2) is 4.79 Å². The summed E-state index contributed by atoms with van der Waals surface area (Å²) < 4.78 is 11.6. The SMILES string of the molecule is CCCOCCOC(=O)c1nn(C)cc1N. The van der Waals surface area contributed by atoms with E-state index in [1.54, 1.807) is 13.2 Å². The number of nitrogen functional groups attached to an aromatic ring is 1. The highest BCUT2D eigenvalue weighted by Gasteiger charge is 2.14. The van der Waals surface area contributed by atoms with Crippen LogP contribution < -0.4 is 5.73 Å². The number of anilines is 1. The summed E-state index contributed by atoms with van der Waals surface area (Å²) in [5.74, 6) is -0.516. The maximum absolute atomic E-state index is 11.5. The largest absolute Gasteiger partial charge is 0.458 e. The Labute approximate surface area is 94.3 Å². The lowest BCUT2D eigenvalue weighted by Crippen LogP contribution is -2.13. The van der Waals surface area contributed by atoms with Gasteiger partial charge in [0, 0.05) is 19.9 Å². The van der Waals surface area contributed by atoms with Crippen molar-refractivity contribution in [2.45, 2.75) is 13.3 Å². The summed E-state index contributed by atoms with van der Waals surface area (Å²) in [5.41, 5.74) is 6.05. The number of aromatic nitrogens is 2. The molecular weight excluding hydrogens is 210 g/mol. The number of carbonyl (C=O) groups excluding carboxylic acids is 1. The van der Waals surface area contributed by atoms with Crippen LogP contribution >= 0.6 is 0 Å². The summed E-state index contributed by atoms with van der Waals surface area (Å²) in [6.07, 6.45) is 2.51. The Morgan fingerprint density at radius 2 is 2.25 bits per heavy atom. The molecule has 1 aromatic rings. The van der Waals surface area contributed by atoms with Gasteiger partial charge in [0.1, 0.15) is 6.61 Å². The van der Waals surface area contributed by atoms with Crippen molar-refractivity contribution in [1.29, 1.82) is 0 Å². The van der Waals surface area contributed by atoms with Gasteiger partial charge in [0.2, 0.25) is 0 Å². The molecule has 0 saturated carbocycles. The number of carbonyl (C=O) groups is 1. The number of rotatable bonds is 6. The van der Waals surface area contributed by atoms with Crippen LogP contribution in [0.15, 0.2) is 6.20 Å². The Morgan fingerprint density at radius 3 is 2.81 bits per heavy atom. The van der Waals surface area contributed by atoms with Crippen molar-refractivity contribution in [3.8, 4) is 0 Å². The summed E-state index contributed by atoms with van der Waals surface area (Å²) >= 11 is 0. The van der Waals surface area contributed by atoms with Crippen LogP contribution in [0, 0.1) is 0 Å². The molecule has 0 aliphatic rings. The second-order valence-electron chi connectivity index (χ2n) is 3.36. The molecule has 16 heavy (non-hydrogen) atoms. The minimum absolute atomic E-state index is 0.151. The number of esters is 1. The van der Waals surface area contributed by atoms with Gasteiger partial charge >= 0.3 is 5.97 Å². The van der Waals surface area contributed by atoms with Crippen molar-refractivity contribution in [3.63, 3.8) is 0 Å². The molecule has 6 nitrogen and oxygen atoms in total. The number of hydrogen-bond donors (Lipinski definition) is 1. The van der Waals surface area contributed by atoms with Gasteiger partial charge < -0.3 is 15.2 Å². The summed E-state index contributed by atoms with van der Waals surface area (Å²) in [6, 6.07) is 0. The van der Waals surface area contributed by atoms with Crippen LogP contribution in [0.3, 0.4) is 0 Å². The van der Waals surface area contributed by atoms with Crippen molar-refractivity contribution >= 4 is 11.7 Å². The maximum atomic E-state index is 11.5. The molecule has 0 unspecified atom stereocenters. The molecular formula is C10H17N3O3. The Morgan fingerprint density at radius 1 is 1.50 bits per heavy atom. The Bertz CT molecular complexity index is 349. The van der Waals surface area contributed by atoms with Gasteiger partial charge in [-0.2, -0.15) is 5.10 Å². The van der Waals surface area contributed by atoms with Crippen LogP contribution in [0.25, 0.3) is 0 Å². The van der Waals surface area contributed by atoms with Crippen molar-refractivity contribution in [2.24, 2.45) is 7.05 Å². The van der Waals surface area contributed by atoms with Crippen LogP contribution in [0.1, 0.15) is 23.8 Å². The first kappa shape index (κ1) is 12.5. The molecule has 6 heteroatoms. The van der Waals surface area contributed by atoms with Gasteiger partial charge in [-0.3, -0.25) is 4.68 Å². The van der Waals surface area contributed by atoms with E-state index in [1.807, 2.05) is 6.92 Å². The molecule has 0 bridgehead atoms. The zero-order valence-electron chi connectivity index (χ0n) is 9.60. The average Bonchev–Trinajstić information content (AvgIpc) is 2.57. The van der Waals surface area contributed by atoms with Crippen molar-refractivity contribution in [3.05, 3.63) is 11.9 Å². The summed E-state index contributed by atoms with van der Waals surface area (Å²) in [6.45, 7) is 3.30. The molecule has 0 aliphatic heterocycles. The molecule has 1 rings (SSSR count). The van der Waals surface area contributed by atoms with Gasteiger partial charge in [0.25, 0.3) is 0 Å². The zero-order chi connectivity index (χ0) is 12.0. The molecule has 0 aromatic carbocycles. The smallest absolute Gasteiger partial charge is 0.361 e. The molecule has 0 atom stereocenters. The number of ether oxygens (including phenoxy) is 2. The van der Waals surface area contributed by atoms with Gasteiger partial charge in [-0.05, 0) is 6.42 Å². The molecule has 0 aliphatic carbocycles. The van der Waals surface area contributed by atoms with Crippen molar-refractivity contribution < 1.29 is 14.3 Å². The second-order valence-corrected chi connectivity index (χ2v) is 3.36. The first-order chi connectivity index (χ1) is 7.65. The monoisotopic (exact) mass is 227 g/mol. The number of nitrogens with zero attached hydrogens (tertiary/aromatic N) is 2. The molecule has 0 amide bonds. The quantitative estimate of drug-likeness (QED) is 0.568. The highest BCUT2D eigenvalue weighted by Crippen LogP contribution is 2.09.